The van der Waals surface area contributed by atoms with E-state index in [0.717, 1.165) is 28.2 Å². The minimum atomic E-state index is -0.209. The molecule has 2 N–H and O–H groups in total. The van der Waals surface area contributed by atoms with E-state index >= 15 is 0 Å². The number of aromatic nitrogens is 3. The van der Waals surface area contributed by atoms with Crippen molar-refractivity contribution in [1.29, 1.82) is 0 Å². The second-order valence-corrected chi connectivity index (χ2v) is 8.53. The first-order valence-corrected chi connectivity index (χ1v) is 10.3. The van der Waals surface area contributed by atoms with Crippen LogP contribution in [0.2, 0.25) is 0 Å². The average molecular weight is 415 g/mol. The van der Waals surface area contributed by atoms with Crippen LogP contribution in [-0.2, 0) is 5.41 Å². The van der Waals surface area contributed by atoms with Gasteiger partial charge in [0.2, 0.25) is 0 Å². The smallest absolute Gasteiger partial charge is 0.251 e. The fraction of sp³-hybridized carbons (Fsp3) is 0.240. The Morgan fingerprint density at radius 1 is 0.968 bits per heavy atom. The maximum atomic E-state index is 12.0. The van der Waals surface area contributed by atoms with Gasteiger partial charge in [0.05, 0.1) is 30.4 Å². The lowest BCUT2D eigenvalue weighted by Crippen LogP contribution is -2.26. The molecule has 6 nitrogen and oxygen atoms in total. The molecule has 0 saturated carbocycles. The van der Waals surface area contributed by atoms with E-state index in [1.54, 1.807) is 18.3 Å². The topological polar surface area (TPSA) is 79.5 Å². The molecule has 4 rings (SSSR count). The zero-order chi connectivity index (χ0) is 22.0. The van der Waals surface area contributed by atoms with Gasteiger partial charge in [-0.15, -0.1) is 0 Å². The summed E-state index contributed by atoms with van der Waals surface area (Å²) in [5.41, 5.74) is 6.50. The molecule has 6 heteroatoms. The van der Waals surface area contributed by atoms with Crippen LogP contribution < -0.4 is 5.32 Å². The Balaban J connectivity index is 1.65. The van der Waals surface area contributed by atoms with Crippen LogP contribution in [0.5, 0.6) is 0 Å². The van der Waals surface area contributed by atoms with Crippen molar-refractivity contribution in [2.24, 2.45) is 0 Å². The second-order valence-electron chi connectivity index (χ2n) is 8.53. The summed E-state index contributed by atoms with van der Waals surface area (Å²) < 4.78 is 2.04. The summed E-state index contributed by atoms with van der Waals surface area (Å²) in [5, 5.41) is 11.5. The van der Waals surface area contributed by atoms with E-state index in [9.17, 15) is 4.79 Å². The molecule has 0 aliphatic carbocycles. The number of rotatable bonds is 5. The average Bonchev–Trinajstić information content (AvgIpc) is 3.20. The first-order valence-electron chi connectivity index (χ1n) is 10.3. The van der Waals surface area contributed by atoms with Gasteiger partial charge >= 0.3 is 0 Å². The number of benzene rings is 2. The summed E-state index contributed by atoms with van der Waals surface area (Å²) in [6.45, 7) is 6.76. The monoisotopic (exact) mass is 414 g/mol. The van der Waals surface area contributed by atoms with E-state index in [1.807, 2.05) is 28.9 Å². The zero-order valence-corrected chi connectivity index (χ0v) is 18.0. The Morgan fingerprint density at radius 2 is 1.65 bits per heavy atom. The number of imidazole rings is 1. The predicted molar refractivity (Wildman–Crippen MR) is 122 cm³/mol. The molecule has 4 aromatic rings. The number of amides is 1. The van der Waals surface area contributed by atoms with Crippen LogP contribution in [0, 0.1) is 0 Å². The third-order valence-corrected chi connectivity index (χ3v) is 5.28. The van der Waals surface area contributed by atoms with Crippen LogP contribution in [0.1, 0.15) is 36.7 Å². The van der Waals surface area contributed by atoms with Crippen LogP contribution in [-0.4, -0.2) is 38.5 Å². The van der Waals surface area contributed by atoms with E-state index in [-0.39, 0.29) is 24.5 Å². The molecule has 0 radical (unpaired) electrons. The molecular formula is C25H26N4O2. The van der Waals surface area contributed by atoms with Crippen molar-refractivity contribution < 1.29 is 9.90 Å². The summed E-state index contributed by atoms with van der Waals surface area (Å²) in [6, 6.07) is 15.8. The Morgan fingerprint density at radius 3 is 2.29 bits per heavy atom. The summed E-state index contributed by atoms with van der Waals surface area (Å²) in [7, 11) is 0. The van der Waals surface area contributed by atoms with Crippen molar-refractivity contribution >= 4 is 11.6 Å². The van der Waals surface area contributed by atoms with Gasteiger partial charge in [-0.2, -0.15) is 0 Å². The Labute approximate surface area is 181 Å². The fourth-order valence-electron chi connectivity index (χ4n) is 3.46. The van der Waals surface area contributed by atoms with Gasteiger partial charge in [-0.1, -0.05) is 57.2 Å². The maximum Gasteiger partial charge on any atom is 0.251 e. The van der Waals surface area contributed by atoms with E-state index in [2.05, 4.69) is 60.3 Å². The largest absolute Gasteiger partial charge is 0.395 e. The van der Waals surface area contributed by atoms with Gasteiger partial charge in [0.15, 0.2) is 5.65 Å². The number of hydrogen-bond acceptors (Lipinski definition) is 4. The van der Waals surface area contributed by atoms with Gasteiger partial charge in [0.25, 0.3) is 5.91 Å². The number of hydrogen-bond donors (Lipinski definition) is 2. The molecule has 2 heterocycles. The van der Waals surface area contributed by atoms with Crippen molar-refractivity contribution in [3.8, 4) is 22.5 Å². The second kappa shape index (κ2) is 8.32. The highest BCUT2D eigenvalue weighted by Gasteiger charge is 2.14. The lowest BCUT2D eigenvalue weighted by molar-refractivity contribution is 0.0945. The molecule has 2 aromatic carbocycles. The van der Waals surface area contributed by atoms with Crippen LogP contribution >= 0.6 is 0 Å². The van der Waals surface area contributed by atoms with Gasteiger partial charge in [-0.25, -0.2) is 4.98 Å². The molecule has 0 fully saturated rings. The number of carbonyl (C=O) groups excluding carboxylic acids is 1. The molecule has 1 amide bonds. The van der Waals surface area contributed by atoms with Crippen LogP contribution in [0.25, 0.3) is 28.2 Å². The van der Waals surface area contributed by atoms with E-state index < -0.39 is 0 Å². The lowest BCUT2D eigenvalue weighted by Gasteiger charge is -2.19. The van der Waals surface area contributed by atoms with Crippen molar-refractivity contribution in [3.05, 3.63) is 78.2 Å². The lowest BCUT2D eigenvalue weighted by atomic mass is 9.86. The Kier molecular flexibility index (Phi) is 5.57. The molecule has 0 atom stereocenters. The molecule has 2 aromatic heterocycles. The summed E-state index contributed by atoms with van der Waals surface area (Å²) in [4.78, 5) is 21.1. The van der Waals surface area contributed by atoms with Crippen LogP contribution in [0.4, 0.5) is 0 Å². The number of carbonyl (C=O) groups is 1. The molecule has 0 saturated heterocycles. The molecule has 31 heavy (non-hydrogen) atoms. The highest BCUT2D eigenvalue weighted by atomic mass is 16.3. The van der Waals surface area contributed by atoms with Crippen molar-refractivity contribution in [1.82, 2.24) is 19.7 Å². The normalized spacial score (nSPS) is 11.6. The minimum Gasteiger partial charge on any atom is -0.395 e. The maximum absolute atomic E-state index is 12.0. The van der Waals surface area contributed by atoms with Crippen LogP contribution in [0.15, 0.2) is 67.1 Å². The SMILES string of the molecule is CC(C)(C)c1ccc(-c2cnc3cnc(-c4ccc(C(=O)NCCO)cc4)cn23)cc1. The number of aliphatic hydroxyl groups excluding tert-OH is 1. The van der Waals surface area contributed by atoms with Crippen molar-refractivity contribution in [3.63, 3.8) is 0 Å². The highest BCUT2D eigenvalue weighted by molar-refractivity contribution is 5.94. The van der Waals surface area contributed by atoms with Crippen molar-refractivity contribution in [2.45, 2.75) is 26.2 Å². The quantitative estimate of drug-likeness (QED) is 0.516. The van der Waals surface area contributed by atoms with Crippen LogP contribution in [0.3, 0.4) is 0 Å². The number of fused-ring (bicyclic) bond motifs is 1. The predicted octanol–water partition coefficient (Wildman–Crippen LogP) is 4.08. The third-order valence-electron chi connectivity index (χ3n) is 5.28. The first-order chi connectivity index (χ1) is 14.9. The molecule has 158 valence electrons. The summed E-state index contributed by atoms with van der Waals surface area (Å²) in [5.74, 6) is -0.209. The van der Waals surface area contributed by atoms with Gasteiger partial charge in [-0.3, -0.25) is 14.2 Å². The number of aliphatic hydroxyl groups is 1. The minimum absolute atomic E-state index is 0.0834. The third kappa shape index (κ3) is 4.34. The Bertz CT molecular complexity index is 1200. The summed E-state index contributed by atoms with van der Waals surface area (Å²) >= 11 is 0. The van der Waals surface area contributed by atoms with Crippen molar-refractivity contribution in [2.75, 3.05) is 13.2 Å². The number of nitrogens with zero attached hydrogens (tertiary/aromatic N) is 3. The fourth-order valence-corrected chi connectivity index (χ4v) is 3.46. The van der Waals surface area contributed by atoms with Gasteiger partial charge in [0.1, 0.15) is 0 Å². The van der Waals surface area contributed by atoms with E-state index in [4.69, 9.17) is 5.11 Å². The number of nitrogens with one attached hydrogen (secondary N) is 1. The van der Waals surface area contributed by atoms with E-state index in [1.165, 1.54) is 5.56 Å². The highest BCUT2D eigenvalue weighted by Crippen LogP contribution is 2.27. The van der Waals surface area contributed by atoms with E-state index in [0.29, 0.717) is 5.56 Å². The van der Waals surface area contributed by atoms with Gasteiger partial charge in [0, 0.05) is 29.4 Å². The first kappa shape index (κ1) is 20.8. The molecule has 0 spiro atoms. The molecular weight excluding hydrogens is 388 g/mol. The molecule has 0 unspecified atom stereocenters. The molecule has 0 aliphatic rings. The Hall–Kier alpha value is -3.51. The molecule has 0 aliphatic heterocycles. The van der Waals surface area contributed by atoms with Gasteiger partial charge in [-0.05, 0) is 23.1 Å². The molecule has 0 bridgehead atoms. The zero-order valence-electron chi connectivity index (χ0n) is 18.0. The standard InChI is InChI=1S/C25H26N4O2/c1-25(2,3)20-10-8-18(9-11-20)22-14-28-23-15-27-21(16-29(22)23)17-4-6-19(7-5-17)24(31)26-12-13-30/h4-11,14-16,30H,12-13H2,1-3H3,(H,26,31). The summed E-state index contributed by atoms with van der Waals surface area (Å²) in [6.07, 6.45) is 5.59. The van der Waals surface area contributed by atoms with Gasteiger partial charge < -0.3 is 10.4 Å².